The van der Waals surface area contributed by atoms with E-state index >= 15 is 0 Å². The van der Waals surface area contributed by atoms with Crippen LogP contribution in [0.3, 0.4) is 0 Å². The van der Waals surface area contributed by atoms with E-state index in [1.807, 2.05) is 36.4 Å². The summed E-state index contributed by atoms with van der Waals surface area (Å²) in [6.07, 6.45) is 0. The number of hydrogen-bond donors (Lipinski definition) is 0. The number of benzene rings is 2. The lowest BCUT2D eigenvalue weighted by Gasteiger charge is -2.02. The highest BCUT2D eigenvalue weighted by molar-refractivity contribution is 7.99. The molecule has 0 heterocycles. The fourth-order valence-corrected chi connectivity index (χ4v) is 2.33. The second kappa shape index (κ2) is 5.34. The van der Waals surface area contributed by atoms with E-state index in [0.717, 1.165) is 9.79 Å². The quantitative estimate of drug-likeness (QED) is 0.621. The molecule has 2 aromatic rings. The standard InChI is InChI=1S/C13H8N2O2S/c14-9-10-8-12(6-7-13(10)15(16)17)18-11-4-2-1-3-5-11/h1-8H. The molecule has 0 aliphatic rings. The van der Waals surface area contributed by atoms with Gasteiger partial charge < -0.3 is 0 Å². The lowest BCUT2D eigenvalue weighted by molar-refractivity contribution is -0.385. The molecule has 5 heteroatoms. The van der Waals surface area contributed by atoms with E-state index in [1.54, 1.807) is 6.07 Å². The van der Waals surface area contributed by atoms with Gasteiger partial charge in [-0.25, -0.2) is 0 Å². The highest BCUT2D eigenvalue weighted by atomic mass is 32.2. The number of nitro benzene ring substituents is 1. The Morgan fingerprint density at radius 2 is 1.83 bits per heavy atom. The third kappa shape index (κ3) is 2.67. The maximum Gasteiger partial charge on any atom is 0.287 e. The molecule has 0 N–H and O–H groups in total. The van der Waals surface area contributed by atoms with Crippen molar-refractivity contribution in [2.24, 2.45) is 0 Å². The predicted octanol–water partition coefficient (Wildman–Crippen LogP) is 3.62. The van der Waals surface area contributed by atoms with E-state index < -0.39 is 4.92 Å². The van der Waals surface area contributed by atoms with Gasteiger partial charge in [-0.15, -0.1) is 0 Å². The predicted molar refractivity (Wildman–Crippen MR) is 68.4 cm³/mol. The summed E-state index contributed by atoms with van der Waals surface area (Å²) in [5.41, 5.74) is -0.0733. The SMILES string of the molecule is N#Cc1cc(Sc2ccccc2)ccc1[N+](=O)[O-]. The highest BCUT2D eigenvalue weighted by Gasteiger charge is 2.13. The molecule has 0 bridgehead atoms. The lowest BCUT2D eigenvalue weighted by atomic mass is 10.2. The van der Waals surface area contributed by atoms with Crippen molar-refractivity contribution in [2.75, 3.05) is 0 Å². The van der Waals surface area contributed by atoms with Crippen LogP contribution in [-0.2, 0) is 0 Å². The van der Waals surface area contributed by atoms with Gasteiger partial charge in [0.2, 0.25) is 0 Å². The van der Waals surface area contributed by atoms with Gasteiger partial charge >= 0.3 is 0 Å². The van der Waals surface area contributed by atoms with Crippen LogP contribution in [-0.4, -0.2) is 4.92 Å². The largest absolute Gasteiger partial charge is 0.287 e. The van der Waals surface area contributed by atoms with Crippen LogP contribution in [0.4, 0.5) is 5.69 Å². The van der Waals surface area contributed by atoms with E-state index in [2.05, 4.69) is 0 Å². The summed E-state index contributed by atoms with van der Waals surface area (Å²) in [6.45, 7) is 0. The number of nitriles is 1. The molecule has 88 valence electrons. The van der Waals surface area contributed by atoms with Crippen molar-refractivity contribution >= 4 is 17.4 Å². The van der Waals surface area contributed by atoms with Crippen LogP contribution >= 0.6 is 11.8 Å². The van der Waals surface area contributed by atoms with Gasteiger partial charge in [-0.05, 0) is 24.3 Å². The van der Waals surface area contributed by atoms with E-state index in [0.29, 0.717) is 0 Å². The monoisotopic (exact) mass is 256 g/mol. The summed E-state index contributed by atoms with van der Waals surface area (Å²) in [5, 5.41) is 19.6. The number of hydrogen-bond acceptors (Lipinski definition) is 4. The average Bonchev–Trinajstić information content (AvgIpc) is 2.39. The molecule has 2 aromatic carbocycles. The molecule has 0 saturated carbocycles. The summed E-state index contributed by atoms with van der Waals surface area (Å²) in [7, 11) is 0. The third-order valence-electron chi connectivity index (χ3n) is 2.26. The normalized spacial score (nSPS) is 9.72. The maximum atomic E-state index is 10.7. The number of rotatable bonds is 3. The molecule has 0 aliphatic heterocycles. The fraction of sp³-hybridized carbons (Fsp3) is 0. The van der Waals surface area contributed by atoms with Crippen molar-refractivity contribution in [3.63, 3.8) is 0 Å². The molecule has 0 fully saturated rings. The van der Waals surface area contributed by atoms with Crippen molar-refractivity contribution in [2.45, 2.75) is 9.79 Å². The molecule has 4 nitrogen and oxygen atoms in total. The van der Waals surface area contributed by atoms with Crippen molar-refractivity contribution in [3.8, 4) is 6.07 Å². The minimum Gasteiger partial charge on any atom is -0.258 e. The zero-order chi connectivity index (χ0) is 13.0. The maximum absolute atomic E-state index is 10.7. The molecule has 0 atom stereocenters. The van der Waals surface area contributed by atoms with Crippen LogP contribution in [0, 0.1) is 21.4 Å². The molecule has 0 amide bonds. The van der Waals surface area contributed by atoms with Crippen molar-refractivity contribution in [3.05, 3.63) is 64.2 Å². The Balaban J connectivity index is 2.32. The van der Waals surface area contributed by atoms with Crippen molar-refractivity contribution in [1.82, 2.24) is 0 Å². The Kier molecular flexibility index (Phi) is 3.60. The van der Waals surface area contributed by atoms with E-state index in [-0.39, 0.29) is 11.3 Å². The van der Waals surface area contributed by atoms with Gasteiger partial charge in [0.1, 0.15) is 11.6 Å². The minimum atomic E-state index is -0.546. The van der Waals surface area contributed by atoms with Crippen LogP contribution in [0.1, 0.15) is 5.56 Å². The Morgan fingerprint density at radius 1 is 1.11 bits per heavy atom. The Hall–Kier alpha value is -2.32. The van der Waals surface area contributed by atoms with Crippen LogP contribution in [0.2, 0.25) is 0 Å². The smallest absolute Gasteiger partial charge is 0.258 e. The topological polar surface area (TPSA) is 66.9 Å². The molecule has 0 radical (unpaired) electrons. The first kappa shape index (κ1) is 12.1. The molecular formula is C13H8N2O2S. The Morgan fingerprint density at radius 3 is 2.44 bits per heavy atom. The van der Waals surface area contributed by atoms with Gasteiger partial charge in [-0.2, -0.15) is 5.26 Å². The van der Waals surface area contributed by atoms with Crippen molar-refractivity contribution in [1.29, 1.82) is 5.26 Å². The molecular weight excluding hydrogens is 248 g/mol. The van der Waals surface area contributed by atoms with Crippen LogP contribution in [0.15, 0.2) is 58.3 Å². The summed E-state index contributed by atoms with van der Waals surface area (Å²) in [6, 6.07) is 16.0. The minimum absolute atomic E-state index is 0.0842. The van der Waals surface area contributed by atoms with Crippen molar-refractivity contribution < 1.29 is 4.92 Å². The van der Waals surface area contributed by atoms with Gasteiger partial charge in [0.25, 0.3) is 5.69 Å². The third-order valence-corrected chi connectivity index (χ3v) is 3.26. The van der Waals surface area contributed by atoms with Gasteiger partial charge in [-0.3, -0.25) is 10.1 Å². The second-order valence-electron chi connectivity index (χ2n) is 3.46. The number of nitrogens with zero attached hydrogens (tertiary/aromatic N) is 2. The summed E-state index contributed by atoms with van der Waals surface area (Å²) in [5.74, 6) is 0. The second-order valence-corrected chi connectivity index (χ2v) is 4.61. The fourth-order valence-electron chi connectivity index (χ4n) is 1.45. The Bertz CT molecular complexity index is 621. The van der Waals surface area contributed by atoms with Crippen LogP contribution < -0.4 is 0 Å². The van der Waals surface area contributed by atoms with Crippen LogP contribution in [0.5, 0.6) is 0 Å². The molecule has 0 spiro atoms. The van der Waals surface area contributed by atoms with Gasteiger partial charge in [0, 0.05) is 15.9 Å². The molecule has 0 aromatic heterocycles. The molecule has 18 heavy (non-hydrogen) atoms. The average molecular weight is 256 g/mol. The molecule has 0 aliphatic carbocycles. The highest BCUT2D eigenvalue weighted by Crippen LogP contribution is 2.30. The first-order valence-corrected chi connectivity index (χ1v) is 5.94. The zero-order valence-electron chi connectivity index (χ0n) is 9.24. The van der Waals surface area contributed by atoms with Gasteiger partial charge in [0.05, 0.1) is 4.92 Å². The molecule has 0 saturated heterocycles. The Labute approximate surface area is 108 Å². The first-order chi connectivity index (χ1) is 8.70. The molecule has 0 unspecified atom stereocenters. The van der Waals surface area contributed by atoms with E-state index in [1.165, 1.54) is 23.9 Å². The van der Waals surface area contributed by atoms with Gasteiger partial charge in [0.15, 0.2) is 0 Å². The van der Waals surface area contributed by atoms with Crippen LogP contribution in [0.25, 0.3) is 0 Å². The van der Waals surface area contributed by atoms with E-state index in [4.69, 9.17) is 5.26 Å². The lowest BCUT2D eigenvalue weighted by Crippen LogP contribution is -1.92. The first-order valence-electron chi connectivity index (χ1n) is 5.12. The van der Waals surface area contributed by atoms with E-state index in [9.17, 15) is 10.1 Å². The number of nitro groups is 1. The summed E-state index contributed by atoms with van der Waals surface area (Å²) in [4.78, 5) is 12.0. The zero-order valence-corrected chi connectivity index (χ0v) is 10.1. The summed E-state index contributed by atoms with van der Waals surface area (Å²) < 4.78 is 0. The van der Waals surface area contributed by atoms with Gasteiger partial charge in [-0.1, -0.05) is 30.0 Å². The summed E-state index contributed by atoms with van der Waals surface area (Å²) >= 11 is 1.46. The molecule has 2 rings (SSSR count).